The fraction of sp³-hybridized carbons (Fsp3) is 0.211. The van der Waals surface area contributed by atoms with E-state index >= 15 is 0 Å². The van der Waals surface area contributed by atoms with Gasteiger partial charge in [0.05, 0.1) is 22.9 Å². The van der Waals surface area contributed by atoms with E-state index in [1.54, 1.807) is 36.4 Å². The Morgan fingerprint density at radius 1 is 1.07 bits per heavy atom. The van der Waals surface area contributed by atoms with Gasteiger partial charge in [0.2, 0.25) is 0 Å². The highest BCUT2D eigenvalue weighted by atomic mass is 35.5. The molecule has 9 heteroatoms. The van der Waals surface area contributed by atoms with Gasteiger partial charge in [-0.05, 0) is 47.5 Å². The summed E-state index contributed by atoms with van der Waals surface area (Å²) in [6.07, 6.45) is 1.42. The Morgan fingerprint density at radius 2 is 1.82 bits per heavy atom. The number of hydrogen-bond acceptors (Lipinski definition) is 5. The molecular formula is C19H19Cl2N3O4. The standard InChI is InChI=1S/C19H19Cl2N3O4/c1-27-9-8-22-18(25)19(26)24-23-11-13-2-5-15(6-3-13)28-12-14-4-7-16(20)17(21)10-14/h2-7,10-11H,8-9,12H2,1H3,(H,22,25)(H,24,26)/b23-11-. The molecule has 0 radical (unpaired) electrons. The summed E-state index contributed by atoms with van der Waals surface area (Å²) < 4.78 is 10.5. The molecular weight excluding hydrogens is 405 g/mol. The number of amides is 2. The second-order valence-corrected chi connectivity index (χ2v) is 6.37. The third kappa shape index (κ3) is 7.19. The minimum Gasteiger partial charge on any atom is -0.489 e. The number of hydrazone groups is 1. The van der Waals surface area contributed by atoms with E-state index in [0.29, 0.717) is 29.0 Å². The van der Waals surface area contributed by atoms with E-state index in [9.17, 15) is 9.59 Å². The van der Waals surface area contributed by atoms with E-state index in [1.807, 2.05) is 6.07 Å². The zero-order chi connectivity index (χ0) is 20.4. The number of rotatable bonds is 8. The third-order valence-corrected chi connectivity index (χ3v) is 4.19. The SMILES string of the molecule is COCCNC(=O)C(=O)N/N=C\c1ccc(OCc2ccc(Cl)c(Cl)c2)cc1. The van der Waals surface area contributed by atoms with Crippen molar-refractivity contribution >= 4 is 41.2 Å². The highest BCUT2D eigenvalue weighted by Crippen LogP contribution is 2.23. The highest BCUT2D eigenvalue weighted by Gasteiger charge is 2.11. The lowest BCUT2D eigenvalue weighted by atomic mass is 10.2. The molecule has 0 bridgehead atoms. The molecule has 2 aromatic rings. The molecule has 0 heterocycles. The monoisotopic (exact) mass is 423 g/mol. The van der Waals surface area contributed by atoms with E-state index in [-0.39, 0.29) is 6.54 Å². The Hall–Kier alpha value is -2.61. The number of hydrogen-bond donors (Lipinski definition) is 2. The van der Waals surface area contributed by atoms with E-state index in [4.69, 9.17) is 32.7 Å². The van der Waals surface area contributed by atoms with Gasteiger partial charge in [0.15, 0.2) is 0 Å². The van der Waals surface area contributed by atoms with Crippen molar-refractivity contribution in [1.29, 1.82) is 0 Å². The van der Waals surface area contributed by atoms with Crippen LogP contribution >= 0.6 is 23.2 Å². The Morgan fingerprint density at radius 3 is 2.50 bits per heavy atom. The number of nitrogens with zero attached hydrogens (tertiary/aromatic N) is 1. The topological polar surface area (TPSA) is 89.0 Å². The molecule has 0 aromatic heterocycles. The van der Waals surface area contributed by atoms with E-state index in [1.165, 1.54) is 13.3 Å². The highest BCUT2D eigenvalue weighted by molar-refractivity contribution is 6.42. The van der Waals surface area contributed by atoms with Crippen molar-refractivity contribution in [3.63, 3.8) is 0 Å². The van der Waals surface area contributed by atoms with Crippen LogP contribution in [0.3, 0.4) is 0 Å². The van der Waals surface area contributed by atoms with Gasteiger partial charge in [-0.3, -0.25) is 9.59 Å². The van der Waals surface area contributed by atoms with E-state index < -0.39 is 11.8 Å². The third-order valence-electron chi connectivity index (χ3n) is 3.45. The fourth-order valence-electron chi connectivity index (χ4n) is 2.01. The number of ether oxygens (including phenoxy) is 2. The summed E-state index contributed by atoms with van der Waals surface area (Å²) in [5, 5.41) is 7.11. The Kier molecular flexibility index (Phi) is 8.74. The van der Waals surface area contributed by atoms with E-state index in [0.717, 1.165) is 11.1 Å². The molecule has 0 saturated heterocycles. The molecule has 0 saturated carbocycles. The molecule has 148 valence electrons. The summed E-state index contributed by atoms with van der Waals surface area (Å²) in [6, 6.07) is 12.4. The number of methoxy groups -OCH3 is 1. The van der Waals surface area contributed by atoms with E-state index in [2.05, 4.69) is 15.8 Å². The van der Waals surface area contributed by atoms with Crippen LogP contribution in [0.4, 0.5) is 0 Å². The van der Waals surface area contributed by atoms with Crippen LogP contribution in [0.15, 0.2) is 47.6 Å². The van der Waals surface area contributed by atoms with Gasteiger partial charge in [-0.1, -0.05) is 29.3 Å². The normalized spacial score (nSPS) is 10.7. The first-order valence-corrected chi connectivity index (χ1v) is 9.02. The minimum atomic E-state index is -0.853. The number of carbonyl (C=O) groups excluding carboxylic acids is 2. The quantitative estimate of drug-likeness (QED) is 0.295. The van der Waals surface area contributed by atoms with Gasteiger partial charge in [-0.15, -0.1) is 0 Å². The molecule has 0 aliphatic carbocycles. The van der Waals surface area contributed by atoms with Crippen LogP contribution in [0.2, 0.25) is 10.0 Å². The van der Waals surface area contributed by atoms with Crippen molar-refractivity contribution in [3.05, 3.63) is 63.6 Å². The molecule has 0 fully saturated rings. The second-order valence-electron chi connectivity index (χ2n) is 5.55. The van der Waals surface area contributed by atoms with Gasteiger partial charge < -0.3 is 14.8 Å². The molecule has 0 spiro atoms. The summed E-state index contributed by atoms with van der Waals surface area (Å²) >= 11 is 11.9. The molecule has 2 aromatic carbocycles. The predicted molar refractivity (Wildman–Crippen MR) is 108 cm³/mol. The van der Waals surface area contributed by atoms with Crippen LogP contribution in [0.5, 0.6) is 5.75 Å². The molecule has 0 atom stereocenters. The number of benzene rings is 2. The van der Waals surface area contributed by atoms with Gasteiger partial charge >= 0.3 is 11.8 Å². The van der Waals surface area contributed by atoms with Crippen LogP contribution in [0.1, 0.15) is 11.1 Å². The van der Waals surface area contributed by atoms with Crippen molar-refractivity contribution in [3.8, 4) is 5.75 Å². The maximum atomic E-state index is 11.5. The second kappa shape index (κ2) is 11.3. The predicted octanol–water partition coefficient (Wildman–Crippen LogP) is 2.79. The number of nitrogens with one attached hydrogen (secondary N) is 2. The van der Waals surface area contributed by atoms with Crippen LogP contribution in [-0.2, 0) is 20.9 Å². The summed E-state index contributed by atoms with van der Waals surface area (Å²) in [6.45, 7) is 0.913. The van der Waals surface area contributed by atoms with Gasteiger partial charge in [0, 0.05) is 13.7 Å². The smallest absolute Gasteiger partial charge is 0.329 e. The molecule has 0 unspecified atom stereocenters. The van der Waals surface area contributed by atoms with Crippen molar-refractivity contribution in [2.75, 3.05) is 20.3 Å². The molecule has 0 aliphatic rings. The first-order chi connectivity index (χ1) is 13.5. The average Bonchev–Trinajstić information content (AvgIpc) is 2.70. The molecule has 2 N–H and O–H groups in total. The number of halogens is 2. The first-order valence-electron chi connectivity index (χ1n) is 8.26. The summed E-state index contributed by atoms with van der Waals surface area (Å²) in [5.41, 5.74) is 3.77. The fourth-order valence-corrected chi connectivity index (χ4v) is 2.33. The van der Waals surface area contributed by atoms with Crippen LogP contribution in [0, 0.1) is 0 Å². The zero-order valence-corrected chi connectivity index (χ0v) is 16.6. The summed E-state index contributed by atoms with van der Waals surface area (Å²) in [7, 11) is 1.50. The van der Waals surface area contributed by atoms with Crippen molar-refractivity contribution in [1.82, 2.24) is 10.7 Å². The largest absolute Gasteiger partial charge is 0.489 e. The Balaban J connectivity index is 1.80. The van der Waals surface area contributed by atoms with Crippen LogP contribution in [0.25, 0.3) is 0 Å². The van der Waals surface area contributed by atoms with Crippen molar-refractivity contribution in [2.24, 2.45) is 5.10 Å². The first kappa shape index (κ1) is 21.7. The average molecular weight is 424 g/mol. The maximum Gasteiger partial charge on any atom is 0.329 e. The van der Waals surface area contributed by atoms with Crippen LogP contribution in [-0.4, -0.2) is 38.3 Å². The molecule has 7 nitrogen and oxygen atoms in total. The lowest BCUT2D eigenvalue weighted by Crippen LogP contribution is -2.39. The van der Waals surface area contributed by atoms with Crippen LogP contribution < -0.4 is 15.5 Å². The van der Waals surface area contributed by atoms with Gasteiger partial charge in [0.25, 0.3) is 0 Å². The number of carbonyl (C=O) groups is 2. The molecule has 2 rings (SSSR count). The van der Waals surface area contributed by atoms with Gasteiger partial charge in [0.1, 0.15) is 12.4 Å². The summed E-state index contributed by atoms with van der Waals surface area (Å²) in [4.78, 5) is 23.0. The maximum absolute atomic E-state index is 11.5. The Labute approximate surface area is 172 Å². The molecule has 2 amide bonds. The lowest BCUT2D eigenvalue weighted by molar-refractivity contribution is -0.139. The van der Waals surface area contributed by atoms with Gasteiger partial charge in [-0.25, -0.2) is 5.43 Å². The van der Waals surface area contributed by atoms with Crippen molar-refractivity contribution in [2.45, 2.75) is 6.61 Å². The lowest BCUT2D eigenvalue weighted by Gasteiger charge is -2.07. The zero-order valence-electron chi connectivity index (χ0n) is 15.1. The van der Waals surface area contributed by atoms with Gasteiger partial charge in [-0.2, -0.15) is 5.10 Å². The molecule has 0 aliphatic heterocycles. The molecule has 28 heavy (non-hydrogen) atoms. The Bertz CT molecular complexity index is 842. The van der Waals surface area contributed by atoms with Crippen molar-refractivity contribution < 1.29 is 19.1 Å². The minimum absolute atomic E-state index is 0.246. The summed E-state index contributed by atoms with van der Waals surface area (Å²) in [5.74, 6) is -0.973.